The molecule has 7 aromatic carbocycles. The van der Waals surface area contributed by atoms with Crippen LogP contribution in [0.1, 0.15) is 0 Å². The highest BCUT2D eigenvalue weighted by Crippen LogP contribution is 2.47. The summed E-state index contributed by atoms with van der Waals surface area (Å²) in [4.78, 5) is 0. The summed E-state index contributed by atoms with van der Waals surface area (Å²) in [5.41, 5.74) is 6.17. The van der Waals surface area contributed by atoms with Crippen LogP contribution in [0.5, 0.6) is 0 Å². The first-order valence-corrected chi connectivity index (χ1v) is 14.5. The maximum absolute atomic E-state index is 2.50. The van der Waals surface area contributed by atoms with Crippen molar-refractivity contribution in [2.24, 2.45) is 0 Å². The number of hydrogen-bond acceptors (Lipinski definition) is 1. The number of fused-ring (bicyclic) bond motifs is 12. The standard InChI is InChI=1S/C38H23NS/c1-2-10-24(11-3-1)25-18-20-26(21-19-25)39-32-22-23-34-35(31-16-8-9-17-33(31)40-34)37(32)36-29-14-6-4-12-27(29)28-13-5-7-15-30(28)38(36)39/h1-23H. The first-order chi connectivity index (χ1) is 19.9. The lowest BCUT2D eigenvalue weighted by atomic mass is 9.95. The average Bonchev–Trinajstić information content (AvgIpc) is 3.58. The molecule has 0 fully saturated rings. The Hall–Kier alpha value is -4.92. The third-order valence-electron chi connectivity index (χ3n) is 8.37. The maximum Gasteiger partial charge on any atom is 0.0626 e. The number of nitrogens with zero attached hydrogens (tertiary/aromatic N) is 1. The third kappa shape index (κ3) is 2.97. The Bertz CT molecular complexity index is 2410. The Labute approximate surface area is 235 Å². The Morgan fingerprint density at radius 2 is 0.975 bits per heavy atom. The Kier molecular flexibility index (Phi) is 4.55. The van der Waals surface area contributed by atoms with Gasteiger partial charge in [0, 0.05) is 42.0 Å². The topological polar surface area (TPSA) is 4.93 Å². The summed E-state index contributed by atoms with van der Waals surface area (Å²) in [5, 5.41) is 10.6. The first kappa shape index (κ1) is 22.0. The number of rotatable bonds is 2. The van der Waals surface area contributed by atoms with Crippen molar-refractivity contribution in [1.29, 1.82) is 0 Å². The highest BCUT2D eigenvalue weighted by atomic mass is 32.1. The van der Waals surface area contributed by atoms with Gasteiger partial charge in [-0.2, -0.15) is 0 Å². The fourth-order valence-corrected chi connectivity index (χ4v) is 7.79. The van der Waals surface area contributed by atoms with Crippen molar-refractivity contribution < 1.29 is 0 Å². The van der Waals surface area contributed by atoms with Crippen molar-refractivity contribution in [3.05, 3.63) is 140 Å². The third-order valence-corrected chi connectivity index (χ3v) is 9.51. The highest BCUT2D eigenvalue weighted by molar-refractivity contribution is 7.26. The summed E-state index contributed by atoms with van der Waals surface area (Å²) in [6, 6.07) is 51.0. The molecule has 0 radical (unpaired) electrons. The van der Waals surface area contributed by atoms with E-state index in [0.717, 1.165) is 0 Å². The molecular formula is C38H23NS. The van der Waals surface area contributed by atoms with Crippen LogP contribution in [0.2, 0.25) is 0 Å². The lowest BCUT2D eigenvalue weighted by molar-refractivity contribution is 1.19. The van der Waals surface area contributed by atoms with Crippen LogP contribution >= 0.6 is 11.3 Å². The summed E-state index contributed by atoms with van der Waals surface area (Å²) >= 11 is 1.89. The van der Waals surface area contributed by atoms with Crippen molar-refractivity contribution in [2.45, 2.75) is 0 Å². The second-order valence-electron chi connectivity index (χ2n) is 10.5. The second kappa shape index (κ2) is 8.29. The predicted molar refractivity (Wildman–Crippen MR) is 174 cm³/mol. The van der Waals surface area contributed by atoms with Crippen LogP contribution in [-0.2, 0) is 0 Å². The second-order valence-corrected chi connectivity index (χ2v) is 11.6. The van der Waals surface area contributed by atoms with Gasteiger partial charge in [-0.05, 0) is 57.6 Å². The summed E-state index contributed by atoms with van der Waals surface area (Å²) in [6.45, 7) is 0. The van der Waals surface area contributed by atoms with Gasteiger partial charge in [0.2, 0.25) is 0 Å². The summed E-state index contributed by atoms with van der Waals surface area (Å²) < 4.78 is 5.17. The van der Waals surface area contributed by atoms with Crippen LogP contribution in [0.3, 0.4) is 0 Å². The minimum atomic E-state index is 1.18. The van der Waals surface area contributed by atoms with E-state index < -0.39 is 0 Å². The molecule has 0 aliphatic rings. The van der Waals surface area contributed by atoms with Crippen LogP contribution in [0.25, 0.3) is 80.3 Å². The lowest BCUT2D eigenvalue weighted by Gasteiger charge is -2.12. The molecule has 0 saturated carbocycles. The lowest BCUT2D eigenvalue weighted by Crippen LogP contribution is -1.95. The zero-order chi connectivity index (χ0) is 26.2. The molecule has 0 unspecified atom stereocenters. The van der Waals surface area contributed by atoms with Crippen LogP contribution in [-0.4, -0.2) is 4.57 Å². The van der Waals surface area contributed by atoms with Crippen molar-refractivity contribution in [3.8, 4) is 16.8 Å². The Balaban J connectivity index is 1.51. The van der Waals surface area contributed by atoms with Gasteiger partial charge in [0.1, 0.15) is 0 Å². The van der Waals surface area contributed by atoms with Crippen molar-refractivity contribution in [2.75, 3.05) is 0 Å². The quantitative estimate of drug-likeness (QED) is 0.198. The number of hydrogen-bond donors (Lipinski definition) is 0. The Morgan fingerprint density at radius 3 is 1.75 bits per heavy atom. The van der Waals surface area contributed by atoms with E-state index in [1.165, 1.54) is 80.3 Å². The molecule has 9 rings (SSSR count). The molecule has 0 aliphatic heterocycles. The van der Waals surface area contributed by atoms with Gasteiger partial charge in [-0.1, -0.05) is 109 Å². The fourth-order valence-electron chi connectivity index (χ4n) is 6.68. The van der Waals surface area contributed by atoms with E-state index >= 15 is 0 Å². The molecule has 0 amide bonds. The van der Waals surface area contributed by atoms with E-state index in [0.29, 0.717) is 0 Å². The molecule has 9 aromatic rings. The summed E-state index contributed by atoms with van der Waals surface area (Å²) in [6.07, 6.45) is 0. The van der Waals surface area contributed by atoms with E-state index in [2.05, 4.69) is 144 Å². The highest BCUT2D eigenvalue weighted by Gasteiger charge is 2.22. The SMILES string of the molecule is c1ccc(-c2ccc(-n3c4ccc5sc6ccccc6c5c4c4c5ccccc5c5ccccc5c43)cc2)cc1. The monoisotopic (exact) mass is 525 g/mol. The van der Waals surface area contributed by atoms with E-state index in [4.69, 9.17) is 0 Å². The zero-order valence-corrected chi connectivity index (χ0v) is 22.5. The molecule has 40 heavy (non-hydrogen) atoms. The number of benzene rings is 7. The summed E-state index contributed by atoms with van der Waals surface area (Å²) in [5.74, 6) is 0. The number of thiophene rings is 1. The largest absolute Gasteiger partial charge is 0.309 e. The van der Waals surface area contributed by atoms with Gasteiger partial charge in [0.05, 0.1) is 11.0 Å². The van der Waals surface area contributed by atoms with Gasteiger partial charge in [0.25, 0.3) is 0 Å². The molecule has 0 N–H and O–H groups in total. The van der Waals surface area contributed by atoms with Crippen molar-refractivity contribution >= 4 is 74.9 Å². The molecule has 2 aromatic heterocycles. The molecule has 0 atom stereocenters. The molecule has 1 nitrogen and oxygen atoms in total. The maximum atomic E-state index is 2.50. The minimum Gasteiger partial charge on any atom is -0.309 e. The van der Waals surface area contributed by atoms with Crippen molar-refractivity contribution in [3.63, 3.8) is 0 Å². The van der Waals surface area contributed by atoms with E-state index in [1.54, 1.807) is 0 Å². The smallest absolute Gasteiger partial charge is 0.0626 e. The molecular weight excluding hydrogens is 502 g/mol. The van der Waals surface area contributed by atoms with Crippen LogP contribution in [0, 0.1) is 0 Å². The summed E-state index contributed by atoms with van der Waals surface area (Å²) in [7, 11) is 0. The van der Waals surface area contributed by atoms with E-state index in [-0.39, 0.29) is 0 Å². The van der Waals surface area contributed by atoms with Gasteiger partial charge in [-0.15, -0.1) is 11.3 Å². The van der Waals surface area contributed by atoms with Crippen LogP contribution in [0.4, 0.5) is 0 Å². The van der Waals surface area contributed by atoms with Crippen LogP contribution in [0.15, 0.2) is 140 Å². The molecule has 0 bridgehead atoms. The Morgan fingerprint density at radius 1 is 0.375 bits per heavy atom. The molecule has 2 heteroatoms. The van der Waals surface area contributed by atoms with Crippen LogP contribution < -0.4 is 0 Å². The zero-order valence-electron chi connectivity index (χ0n) is 21.6. The van der Waals surface area contributed by atoms with E-state index in [1.807, 2.05) is 11.3 Å². The molecule has 0 spiro atoms. The molecule has 186 valence electrons. The van der Waals surface area contributed by atoms with Crippen molar-refractivity contribution in [1.82, 2.24) is 4.57 Å². The average molecular weight is 526 g/mol. The van der Waals surface area contributed by atoms with E-state index in [9.17, 15) is 0 Å². The first-order valence-electron chi connectivity index (χ1n) is 13.7. The van der Waals surface area contributed by atoms with Gasteiger partial charge in [-0.25, -0.2) is 0 Å². The van der Waals surface area contributed by atoms with Gasteiger partial charge >= 0.3 is 0 Å². The number of aromatic nitrogens is 1. The molecule has 0 aliphatic carbocycles. The van der Waals surface area contributed by atoms with Gasteiger partial charge < -0.3 is 4.57 Å². The predicted octanol–water partition coefficient (Wildman–Crippen LogP) is 11.1. The van der Waals surface area contributed by atoms with Gasteiger partial charge in [-0.3, -0.25) is 0 Å². The molecule has 0 saturated heterocycles. The fraction of sp³-hybridized carbons (Fsp3) is 0. The normalized spacial score (nSPS) is 12.0. The molecule has 2 heterocycles. The minimum absolute atomic E-state index is 1.18. The van der Waals surface area contributed by atoms with Gasteiger partial charge in [0.15, 0.2) is 0 Å².